The van der Waals surface area contributed by atoms with Crippen molar-refractivity contribution in [2.75, 3.05) is 13.1 Å². The fourth-order valence-electron chi connectivity index (χ4n) is 3.46. The number of nitrogens with two attached hydrogens (primary N) is 1. The minimum Gasteiger partial charge on any atom is -0.334 e. The van der Waals surface area contributed by atoms with Gasteiger partial charge >= 0.3 is 0 Å². The van der Waals surface area contributed by atoms with E-state index in [1.165, 1.54) is 0 Å². The van der Waals surface area contributed by atoms with E-state index < -0.39 is 0 Å². The van der Waals surface area contributed by atoms with Gasteiger partial charge in [-0.3, -0.25) is 4.79 Å². The summed E-state index contributed by atoms with van der Waals surface area (Å²) in [6.07, 6.45) is 2.06. The minimum absolute atomic E-state index is 0. The summed E-state index contributed by atoms with van der Waals surface area (Å²) < 4.78 is 2.14. The molecule has 1 aliphatic rings. The molecule has 3 rings (SSSR count). The van der Waals surface area contributed by atoms with Crippen LogP contribution in [-0.2, 0) is 0 Å². The molecule has 1 aliphatic heterocycles. The van der Waals surface area contributed by atoms with E-state index in [-0.39, 0.29) is 24.4 Å². The van der Waals surface area contributed by atoms with Crippen LogP contribution in [0.3, 0.4) is 0 Å². The highest BCUT2D eigenvalue weighted by Gasteiger charge is 2.30. The number of carbonyl (C=O) groups is 1. The molecule has 1 amide bonds. The normalized spacial score (nSPS) is 17.2. The van der Waals surface area contributed by atoms with E-state index in [4.69, 9.17) is 5.73 Å². The Hall–Kier alpha value is -1.78. The highest BCUT2D eigenvalue weighted by atomic mass is 35.5. The van der Waals surface area contributed by atoms with Crippen LogP contribution in [-0.4, -0.2) is 34.5 Å². The van der Waals surface area contributed by atoms with E-state index in [9.17, 15) is 4.79 Å². The number of para-hydroxylation sites is 1. The number of rotatable bonds is 3. The molecule has 23 heavy (non-hydrogen) atoms. The van der Waals surface area contributed by atoms with Crippen LogP contribution >= 0.6 is 12.4 Å². The van der Waals surface area contributed by atoms with Gasteiger partial charge in [0, 0.05) is 36.2 Å². The number of benzene rings is 1. The van der Waals surface area contributed by atoms with Crippen LogP contribution in [0.5, 0.6) is 0 Å². The molecule has 0 radical (unpaired) electrons. The summed E-state index contributed by atoms with van der Waals surface area (Å²) in [4.78, 5) is 14.8. The molecule has 0 saturated carbocycles. The molecule has 0 bridgehead atoms. The number of aromatic nitrogens is 1. The van der Waals surface area contributed by atoms with Crippen LogP contribution in [0, 0.1) is 13.8 Å². The van der Waals surface area contributed by atoms with Crippen LogP contribution in [0.25, 0.3) is 5.69 Å². The fraction of sp³-hybridized carbons (Fsp3) is 0.389. The number of nitrogens with zero attached hydrogens (tertiary/aromatic N) is 2. The van der Waals surface area contributed by atoms with Crippen molar-refractivity contribution in [3.8, 4) is 5.69 Å². The smallest absolute Gasteiger partial charge is 0.255 e. The van der Waals surface area contributed by atoms with Crippen molar-refractivity contribution in [2.45, 2.75) is 32.7 Å². The molecule has 1 unspecified atom stereocenters. The Bertz CT molecular complexity index is 681. The average Bonchev–Trinajstić information content (AvgIpc) is 3.12. The summed E-state index contributed by atoms with van der Waals surface area (Å²) in [7, 11) is 0. The number of hydrogen-bond acceptors (Lipinski definition) is 2. The molecule has 5 heteroatoms. The number of likely N-dealkylation sites (tertiary alicyclic amines) is 1. The summed E-state index contributed by atoms with van der Waals surface area (Å²) in [5.74, 6) is 0.114. The predicted octanol–water partition coefficient (Wildman–Crippen LogP) is 3.08. The first-order valence-corrected chi connectivity index (χ1v) is 7.89. The lowest BCUT2D eigenvalue weighted by atomic mass is 10.2. The number of halogens is 1. The van der Waals surface area contributed by atoms with Gasteiger partial charge in [0.1, 0.15) is 0 Å². The minimum atomic E-state index is 0. The lowest BCUT2D eigenvalue weighted by Gasteiger charge is -2.23. The van der Waals surface area contributed by atoms with Gasteiger partial charge in [-0.15, -0.1) is 12.4 Å². The van der Waals surface area contributed by atoms with Gasteiger partial charge in [-0.1, -0.05) is 18.2 Å². The zero-order valence-corrected chi connectivity index (χ0v) is 14.5. The standard InChI is InChI=1S/C18H23N3O.ClH/c1-13-11-17(18(22)20-10-6-9-16(20)12-19)14(2)21(13)15-7-4-3-5-8-15;/h3-5,7-8,11,16H,6,9-10,12,19H2,1-2H3;1H. The van der Waals surface area contributed by atoms with Crippen LogP contribution in [0.1, 0.15) is 34.6 Å². The molecule has 1 atom stereocenters. The van der Waals surface area contributed by atoms with Crippen molar-refractivity contribution in [1.82, 2.24) is 9.47 Å². The van der Waals surface area contributed by atoms with Crippen molar-refractivity contribution >= 4 is 18.3 Å². The van der Waals surface area contributed by atoms with Crippen LogP contribution in [0.4, 0.5) is 0 Å². The number of aryl methyl sites for hydroxylation is 1. The molecule has 1 saturated heterocycles. The van der Waals surface area contributed by atoms with E-state index in [1.54, 1.807) is 0 Å². The first-order chi connectivity index (χ1) is 10.6. The third kappa shape index (κ3) is 3.14. The van der Waals surface area contributed by atoms with E-state index in [0.717, 1.165) is 42.0 Å². The van der Waals surface area contributed by atoms with Crippen LogP contribution in [0.2, 0.25) is 0 Å². The summed E-state index contributed by atoms with van der Waals surface area (Å²) in [6.45, 7) is 5.42. The zero-order valence-electron chi connectivity index (χ0n) is 13.7. The molecular formula is C18H24ClN3O. The van der Waals surface area contributed by atoms with Gasteiger partial charge in [0.2, 0.25) is 0 Å². The van der Waals surface area contributed by atoms with Crippen LogP contribution < -0.4 is 5.73 Å². The fourth-order valence-corrected chi connectivity index (χ4v) is 3.46. The Morgan fingerprint density at radius 1 is 1.26 bits per heavy atom. The van der Waals surface area contributed by atoms with Crippen molar-refractivity contribution in [3.05, 3.63) is 53.3 Å². The topological polar surface area (TPSA) is 51.3 Å². The summed E-state index contributed by atoms with van der Waals surface area (Å²) in [6, 6.07) is 12.3. The second kappa shape index (κ2) is 7.20. The number of hydrogen-bond donors (Lipinski definition) is 1. The van der Waals surface area contributed by atoms with Crippen molar-refractivity contribution in [1.29, 1.82) is 0 Å². The lowest BCUT2D eigenvalue weighted by Crippen LogP contribution is -2.40. The molecular weight excluding hydrogens is 310 g/mol. The maximum absolute atomic E-state index is 12.9. The Labute approximate surface area is 143 Å². The van der Waals surface area contributed by atoms with Crippen LogP contribution in [0.15, 0.2) is 36.4 Å². The van der Waals surface area contributed by atoms with Gasteiger partial charge in [-0.05, 0) is 44.9 Å². The maximum Gasteiger partial charge on any atom is 0.255 e. The second-order valence-corrected chi connectivity index (χ2v) is 5.99. The number of amides is 1. The van der Waals surface area contributed by atoms with Crippen molar-refractivity contribution in [3.63, 3.8) is 0 Å². The number of carbonyl (C=O) groups excluding carboxylic acids is 1. The third-order valence-corrected chi connectivity index (χ3v) is 4.59. The Kier molecular flexibility index (Phi) is 5.50. The second-order valence-electron chi connectivity index (χ2n) is 5.99. The molecule has 2 N–H and O–H groups in total. The Morgan fingerprint density at radius 2 is 1.96 bits per heavy atom. The highest BCUT2D eigenvalue weighted by Crippen LogP contribution is 2.25. The lowest BCUT2D eigenvalue weighted by molar-refractivity contribution is 0.0740. The van der Waals surface area contributed by atoms with Crippen molar-refractivity contribution < 1.29 is 4.79 Å². The first kappa shape index (κ1) is 17.6. The van der Waals surface area contributed by atoms with Crippen molar-refractivity contribution in [2.24, 2.45) is 5.73 Å². The Morgan fingerprint density at radius 3 is 2.61 bits per heavy atom. The van der Waals surface area contributed by atoms with Gasteiger partial charge in [0.05, 0.1) is 5.56 Å². The zero-order chi connectivity index (χ0) is 15.7. The summed E-state index contributed by atoms with van der Waals surface area (Å²) in [5, 5.41) is 0. The molecule has 1 fully saturated rings. The van der Waals surface area contributed by atoms with Gasteiger partial charge in [-0.2, -0.15) is 0 Å². The van der Waals surface area contributed by atoms with E-state index >= 15 is 0 Å². The molecule has 1 aromatic heterocycles. The maximum atomic E-state index is 12.9. The predicted molar refractivity (Wildman–Crippen MR) is 95.6 cm³/mol. The first-order valence-electron chi connectivity index (χ1n) is 7.89. The summed E-state index contributed by atoms with van der Waals surface area (Å²) >= 11 is 0. The molecule has 0 aliphatic carbocycles. The largest absolute Gasteiger partial charge is 0.334 e. The molecule has 2 aromatic rings. The van der Waals surface area contributed by atoms with E-state index in [1.807, 2.05) is 43.0 Å². The van der Waals surface area contributed by atoms with Gasteiger partial charge < -0.3 is 15.2 Å². The Balaban J connectivity index is 0.00000192. The molecule has 1 aromatic carbocycles. The van der Waals surface area contributed by atoms with Gasteiger partial charge in [0.15, 0.2) is 0 Å². The molecule has 124 valence electrons. The van der Waals surface area contributed by atoms with Gasteiger partial charge in [-0.25, -0.2) is 0 Å². The third-order valence-electron chi connectivity index (χ3n) is 4.59. The van der Waals surface area contributed by atoms with Gasteiger partial charge in [0.25, 0.3) is 5.91 Å². The monoisotopic (exact) mass is 333 g/mol. The average molecular weight is 334 g/mol. The summed E-state index contributed by atoms with van der Waals surface area (Å²) in [5.41, 5.74) is 9.77. The molecule has 4 nitrogen and oxygen atoms in total. The molecule has 2 heterocycles. The van der Waals surface area contributed by atoms with E-state index in [2.05, 4.69) is 16.7 Å². The highest BCUT2D eigenvalue weighted by molar-refractivity contribution is 5.96. The molecule has 0 spiro atoms. The quantitative estimate of drug-likeness (QED) is 0.938. The van der Waals surface area contributed by atoms with E-state index in [0.29, 0.717) is 6.54 Å². The SMILES string of the molecule is Cc1cc(C(=O)N2CCCC2CN)c(C)n1-c1ccccc1.Cl.